The van der Waals surface area contributed by atoms with E-state index in [9.17, 15) is 0 Å². The highest BCUT2D eigenvalue weighted by Gasteiger charge is 1.92. The molecule has 0 aliphatic carbocycles. The molecule has 3 heteroatoms. The van der Waals surface area contributed by atoms with E-state index in [0.717, 1.165) is 6.54 Å². The molecule has 0 unspecified atom stereocenters. The van der Waals surface area contributed by atoms with E-state index in [1.54, 1.807) is 0 Å². The van der Waals surface area contributed by atoms with Gasteiger partial charge in [-0.3, -0.25) is 4.98 Å². The lowest BCUT2D eigenvalue weighted by Crippen LogP contribution is -2.21. The van der Waals surface area contributed by atoms with Crippen LogP contribution in [0.15, 0.2) is 24.5 Å². The molecule has 0 saturated heterocycles. The monoisotopic (exact) mass is 186 g/mol. The van der Waals surface area contributed by atoms with Crippen molar-refractivity contribution in [2.45, 2.75) is 26.4 Å². The van der Waals surface area contributed by atoms with Gasteiger partial charge in [-0.25, -0.2) is 0 Å². The maximum absolute atomic E-state index is 3.94. The summed E-state index contributed by atoms with van der Waals surface area (Å²) in [6, 6.07) is 4.59. The molecule has 0 atom stereocenters. The van der Waals surface area contributed by atoms with Crippen molar-refractivity contribution in [1.82, 2.24) is 10.3 Å². The second kappa shape index (κ2) is 5.98. The minimum Gasteiger partial charge on any atom is -0.310 e. The van der Waals surface area contributed by atoms with Gasteiger partial charge in [0.2, 0.25) is 0 Å². The molecule has 1 rings (SSSR count). The zero-order chi connectivity index (χ0) is 8.10. The third-order valence-electron chi connectivity index (χ3n) is 1.46. The standard InChI is InChI=1S/C9H14N2.ClH/c1-8(2)11-7-9-3-5-10-6-4-9;/h3-6,8,11H,7H2,1-2H3;1H. The van der Waals surface area contributed by atoms with Crippen molar-refractivity contribution < 1.29 is 0 Å². The summed E-state index contributed by atoms with van der Waals surface area (Å²) in [5.74, 6) is 0. The maximum Gasteiger partial charge on any atom is 0.0271 e. The van der Waals surface area contributed by atoms with Crippen LogP contribution >= 0.6 is 12.4 Å². The Morgan fingerprint density at radius 2 is 1.92 bits per heavy atom. The normalized spacial score (nSPS) is 9.58. The Labute approximate surface area is 79.8 Å². The molecule has 2 nitrogen and oxygen atoms in total. The molecule has 0 aliphatic heterocycles. The lowest BCUT2D eigenvalue weighted by molar-refractivity contribution is 0.588. The molecule has 0 bridgehead atoms. The Balaban J connectivity index is 0.00000121. The molecule has 12 heavy (non-hydrogen) atoms. The smallest absolute Gasteiger partial charge is 0.0271 e. The van der Waals surface area contributed by atoms with E-state index in [-0.39, 0.29) is 12.4 Å². The number of hydrogen-bond acceptors (Lipinski definition) is 2. The first-order chi connectivity index (χ1) is 5.29. The lowest BCUT2D eigenvalue weighted by Gasteiger charge is -2.06. The van der Waals surface area contributed by atoms with Gasteiger partial charge in [-0.1, -0.05) is 13.8 Å². The predicted molar refractivity (Wildman–Crippen MR) is 53.5 cm³/mol. The highest BCUT2D eigenvalue weighted by atomic mass is 35.5. The fraction of sp³-hybridized carbons (Fsp3) is 0.444. The second-order valence-electron chi connectivity index (χ2n) is 2.89. The molecular weight excluding hydrogens is 172 g/mol. The Bertz CT molecular complexity index is 199. The summed E-state index contributed by atoms with van der Waals surface area (Å²) in [5.41, 5.74) is 1.29. The number of halogens is 1. The van der Waals surface area contributed by atoms with Gasteiger partial charge < -0.3 is 5.32 Å². The van der Waals surface area contributed by atoms with Gasteiger partial charge in [0.05, 0.1) is 0 Å². The predicted octanol–water partition coefficient (Wildman–Crippen LogP) is 2.00. The summed E-state index contributed by atoms with van der Waals surface area (Å²) in [5, 5.41) is 3.33. The SMILES string of the molecule is CC(C)NCc1ccncc1.Cl. The third-order valence-corrected chi connectivity index (χ3v) is 1.46. The van der Waals surface area contributed by atoms with Gasteiger partial charge in [0.25, 0.3) is 0 Å². The van der Waals surface area contributed by atoms with E-state index in [1.165, 1.54) is 5.56 Å². The van der Waals surface area contributed by atoms with E-state index in [0.29, 0.717) is 6.04 Å². The van der Waals surface area contributed by atoms with Crippen LogP contribution in [-0.2, 0) is 6.54 Å². The molecule has 1 aromatic rings. The van der Waals surface area contributed by atoms with Crippen LogP contribution in [0.5, 0.6) is 0 Å². The first-order valence-corrected chi connectivity index (χ1v) is 3.91. The van der Waals surface area contributed by atoms with E-state index in [4.69, 9.17) is 0 Å². The number of aromatic nitrogens is 1. The van der Waals surface area contributed by atoms with Crippen LogP contribution in [0.3, 0.4) is 0 Å². The number of nitrogens with one attached hydrogen (secondary N) is 1. The van der Waals surface area contributed by atoms with E-state index < -0.39 is 0 Å². The molecule has 0 aromatic carbocycles. The van der Waals surface area contributed by atoms with Crippen LogP contribution in [0.2, 0.25) is 0 Å². The first-order valence-electron chi connectivity index (χ1n) is 3.91. The molecule has 0 radical (unpaired) electrons. The summed E-state index contributed by atoms with van der Waals surface area (Å²) in [7, 11) is 0. The lowest BCUT2D eigenvalue weighted by atomic mass is 10.2. The molecule has 1 aromatic heterocycles. The summed E-state index contributed by atoms with van der Waals surface area (Å²) in [6.07, 6.45) is 3.63. The summed E-state index contributed by atoms with van der Waals surface area (Å²) in [4.78, 5) is 3.94. The summed E-state index contributed by atoms with van der Waals surface area (Å²) < 4.78 is 0. The highest BCUT2D eigenvalue weighted by Crippen LogP contribution is 1.95. The highest BCUT2D eigenvalue weighted by molar-refractivity contribution is 5.85. The van der Waals surface area contributed by atoms with Gasteiger partial charge in [-0.15, -0.1) is 12.4 Å². The topological polar surface area (TPSA) is 24.9 Å². The zero-order valence-corrected chi connectivity index (χ0v) is 8.27. The largest absolute Gasteiger partial charge is 0.310 e. The molecule has 1 N–H and O–H groups in total. The fourth-order valence-corrected chi connectivity index (χ4v) is 0.823. The van der Waals surface area contributed by atoms with Gasteiger partial charge in [-0.2, -0.15) is 0 Å². The molecule has 0 spiro atoms. The summed E-state index contributed by atoms with van der Waals surface area (Å²) >= 11 is 0. The van der Waals surface area contributed by atoms with Crippen molar-refractivity contribution in [3.63, 3.8) is 0 Å². The van der Waals surface area contributed by atoms with Crippen molar-refractivity contribution in [3.05, 3.63) is 30.1 Å². The average molecular weight is 187 g/mol. The second-order valence-corrected chi connectivity index (χ2v) is 2.89. The molecule has 0 amide bonds. The zero-order valence-electron chi connectivity index (χ0n) is 7.45. The van der Waals surface area contributed by atoms with Crippen LogP contribution in [0.25, 0.3) is 0 Å². The van der Waals surface area contributed by atoms with Gasteiger partial charge in [0.1, 0.15) is 0 Å². The van der Waals surface area contributed by atoms with E-state index >= 15 is 0 Å². The van der Waals surface area contributed by atoms with E-state index in [2.05, 4.69) is 24.1 Å². The maximum atomic E-state index is 3.94. The summed E-state index contributed by atoms with van der Waals surface area (Å²) in [6.45, 7) is 5.21. The molecule has 0 saturated carbocycles. The minimum atomic E-state index is 0. The Morgan fingerprint density at radius 3 is 2.42 bits per heavy atom. The Hall–Kier alpha value is -0.600. The molecular formula is C9H15ClN2. The average Bonchev–Trinajstić information content (AvgIpc) is 2.03. The van der Waals surface area contributed by atoms with Crippen LogP contribution in [-0.4, -0.2) is 11.0 Å². The van der Waals surface area contributed by atoms with Crippen LogP contribution in [0, 0.1) is 0 Å². The minimum absolute atomic E-state index is 0. The van der Waals surface area contributed by atoms with Crippen molar-refractivity contribution in [3.8, 4) is 0 Å². The molecule has 1 heterocycles. The van der Waals surface area contributed by atoms with Crippen molar-refractivity contribution in [2.24, 2.45) is 0 Å². The number of pyridine rings is 1. The molecule has 0 fully saturated rings. The van der Waals surface area contributed by atoms with Crippen LogP contribution in [0.1, 0.15) is 19.4 Å². The van der Waals surface area contributed by atoms with Gasteiger partial charge >= 0.3 is 0 Å². The van der Waals surface area contributed by atoms with Crippen molar-refractivity contribution in [2.75, 3.05) is 0 Å². The van der Waals surface area contributed by atoms with Crippen molar-refractivity contribution in [1.29, 1.82) is 0 Å². The van der Waals surface area contributed by atoms with Crippen LogP contribution < -0.4 is 5.32 Å². The number of hydrogen-bond donors (Lipinski definition) is 1. The first kappa shape index (κ1) is 11.4. The fourth-order valence-electron chi connectivity index (χ4n) is 0.823. The van der Waals surface area contributed by atoms with Gasteiger partial charge in [0, 0.05) is 25.0 Å². The number of nitrogens with zero attached hydrogens (tertiary/aromatic N) is 1. The van der Waals surface area contributed by atoms with Gasteiger partial charge in [0.15, 0.2) is 0 Å². The molecule has 68 valence electrons. The third kappa shape index (κ3) is 4.31. The van der Waals surface area contributed by atoms with Gasteiger partial charge in [-0.05, 0) is 17.7 Å². The Morgan fingerprint density at radius 1 is 1.33 bits per heavy atom. The Kier molecular flexibility index (Phi) is 5.68. The molecule has 0 aliphatic rings. The van der Waals surface area contributed by atoms with E-state index in [1.807, 2.05) is 24.5 Å². The number of rotatable bonds is 3. The van der Waals surface area contributed by atoms with Crippen LogP contribution in [0.4, 0.5) is 0 Å². The van der Waals surface area contributed by atoms with Crippen molar-refractivity contribution >= 4 is 12.4 Å². The quantitative estimate of drug-likeness (QED) is 0.781.